The Morgan fingerprint density at radius 2 is 1.73 bits per heavy atom. The third-order valence-electron chi connectivity index (χ3n) is 5.48. The van der Waals surface area contributed by atoms with Gasteiger partial charge in [0, 0.05) is 18.5 Å². The van der Waals surface area contributed by atoms with E-state index in [1.54, 1.807) is 14.2 Å². The second kappa shape index (κ2) is 6.65. The first kappa shape index (κ1) is 16.9. The van der Waals surface area contributed by atoms with Gasteiger partial charge in [-0.2, -0.15) is 0 Å². The van der Waals surface area contributed by atoms with E-state index in [4.69, 9.17) is 9.47 Å². The molecule has 4 rings (SSSR count). The fraction of sp³-hybridized carbons (Fsp3) is 0.381. The Morgan fingerprint density at radius 3 is 2.42 bits per heavy atom. The highest BCUT2D eigenvalue weighted by molar-refractivity contribution is 5.78. The Kier molecular flexibility index (Phi) is 4.32. The van der Waals surface area contributed by atoms with Crippen molar-refractivity contribution in [3.8, 4) is 11.5 Å². The molecule has 1 amide bonds. The van der Waals surface area contributed by atoms with E-state index in [2.05, 4.69) is 35.3 Å². The molecule has 0 saturated carbocycles. The van der Waals surface area contributed by atoms with Crippen molar-refractivity contribution < 1.29 is 14.3 Å². The predicted octanol–water partition coefficient (Wildman–Crippen LogP) is 3.21. The molecule has 136 valence electrons. The Labute approximate surface area is 153 Å². The van der Waals surface area contributed by atoms with Gasteiger partial charge in [0.25, 0.3) is 0 Å². The fourth-order valence-corrected chi connectivity index (χ4v) is 4.32. The molecule has 0 spiro atoms. The van der Waals surface area contributed by atoms with Crippen molar-refractivity contribution in [3.63, 3.8) is 0 Å². The van der Waals surface area contributed by atoms with E-state index in [0.29, 0.717) is 18.2 Å². The van der Waals surface area contributed by atoms with Crippen molar-refractivity contribution in [1.82, 2.24) is 10.2 Å². The molecule has 1 fully saturated rings. The third kappa shape index (κ3) is 2.72. The van der Waals surface area contributed by atoms with Gasteiger partial charge in [-0.3, -0.25) is 9.69 Å². The number of hydrogen-bond acceptors (Lipinski definition) is 4. The SMILES string of the molecule is COc1cc2c(cc1OC)C1CC(=O)NC(c3ccccc3)N1[C@H](C)C2. The smallest absolute Gasteiger partial charge is 0.223 e. The van der Waals surface area contributed by atoms with Crippen molar-refractivity contribution in [2.24, 2.45) is 0 Å². The van der Waals surface area contributed by atoms with Gasteiger partial charge >= 0.3 is 0 Å². The molecule has 2 heterocycles. The minimum Gasteiger partial charge on any atom is -0.493 e. The van der Waals surface area contributed by atoms with Crippen LogP contribution in [-0.4, -0.2) is 31.1 Å². The molecular formula is C21H24N2O3. The van der Waals surface area contributed by atoms with Crippen LogP contribution in [0.1, 0.15) is 42.2 Å². The van der Waals surface area contributed by atoms with Crippen LogP contribution in [-0.2, 0) is 11.2 Å². The average Bonchev–Trinajstić information content (AvgIpc) is 2.67. The Balaban J connectivity index is 1.80. The molecule has 1 N–H and O–H groups in total. The zero-order chi connectivity index (χ0) is 18.3. The maximum absolute atomic E-state index is 12.5. The van der Waals surface area contributed by atoms with Gasteiger partial charge in [0.1, 0.15) is 6.17 Å². The number of ether oxygens (including phenoxy) is 2. The summed E-state index contributed by atoms with van der Waals surface area (Å²) >= 11 is 0. The van der Waals surface area contributed by atoms with Gasteiger partial charge in [-0.05, 0) is 42.2 Å². The molecule has 5 nitrogen and oxygen atoms in total. The summed E-state index contributed by atoms with van der Waals surface area (Å²) in [6, 6.07) is 14.6. The molecule has 2 aliphatic heterocycles. The number of nitrogens with one attached hydrogen (secondary N) is 1. The van der Waals surface area contributed by atoms with Crippen LogP contribution in [0.2, 0.25) is 0 Å². The monoisotopic (exact) mass is 352 g/mol. The average molecular weight is 352 g/mol. The molecule has 3 atom stereocenters. The molecule has 2 aromatic carbocycles. The maximum Gasteiger partial charge on any atom is 0.223 e. The van der Waals surface area contributed by atoms with E-state index in [9.17, 15) is 4.79 Å². The highest BCUT2D eigenvalue weighted by Crippen LogP contribution is 2.45. The normalized spacial score (nSPS) is 25.0. The van der Waals surface area contributed by atoms with Gasteiger partial charge in [0.2, 0.25) is 5.91 Å². The van der Waals surface area contributed by atoms with Crippen LogP contribution in [0.25, 0.3) is 0 Å². The summed E-state index contributed by atoms with van der Waals surface area (Å²) in [4.78, 5) is 14.9. The zero-order valence-corrected chi connectivity index (χ0v) is 15.4. The van der Waals surface area contributed by atoms with E-state index in [1.807, 2.05) is 24.3 Å². The van der Waals surface area contributed by atoms with E-state index in [0.717, 1.165) is 23.3 Å². The van der Waals surface area contributed by atoms with Crippen LogP contribution < -0.4 is 14.8 Å². The van der Waals surface area contributed by atoms with Gasteiger partial charge in [-0.25, -0.2) is 0 Å². The van der Waals surface area contributed by atoms with Crippen molar-refractivity contribution in [1.29, 1.82) is 0 Å². The first-order valence-corrected chi connectivity index (χ1v) is 8.99. The highest BCUT2D eigenvalue weighted by Gasteiger charge is 2.42. The number of hydrogen-bond donors (Lipinski definition) is 1. The topological polar surface area (TPSA) is 50.8 Å². The van der Waals surface area contributed by atoms with Crippen LogP contribution in [0.15, 0.2) is 42.5 Å². The second-order valence-corrected chi connectivity index (χ2v) is 7.01. The lowest BCUT2D eigenvalue weighted by molar-refractivity contribution is -0.131. The fourth-order valence-electron chi connectivity index (χ4n) is 4.32. The summed E-state index contributed by atoms with van der Waals surface area (Å²) in [5.74, 6) is 1.53. The largest absolute Gasteiger partial charge is 0.493 e. The van der Waals surface area contributed by atoms with E-state index in [-0.39, 0.29) is 18.1 Å². The predicted molar refractivity (Wildman–Crippen MR) is 99.2 cm³/mol. The number of carbonyl (C=O) groups excluding carboxylic acids is 1. The van der Waals surface area contributed by atoms with E-state index in [1.165, 1.54) is 5.56 Å². The number of carbonyl (C=O) groups is 1. The number of nitrogens with zero attached hydrogens (tertiary/aromatic N) is 1. The second-order valence-electron chi connectivity index (χ2n) is 7.01. The summed E-state index contributed by atoms with van der Waals surface area (Å²) < 4.78 is 11.0. The lowest BCUT2D eigenvalue weighted by Gasteiger charge is -2.49. The summed E-state index contributed by atoms with van der Waals surface area (Å²) in [5.41, 5.74) is 3.51. The number of amides is 1. The van der Waals surface area contributed by atoms with Crippen LogP contribution in [0, 0.1) is 0 Å². The molecule has 0 radical (unpaired) electrons. The Morgan fingerprint density at radius 1 is 1.04 bits per heavy atom. The molecule has 1 saturated heterocycles. The standard InChI is InChI=1S/C21H24N2O3/c1-13-9-15-10-18(25-2)19(26-3)11-16(15)17-12-20(24)22-21(23(13)17)14-7-5-4-6-8-14/h4-8,10-11,13,17,21H,9,12H2,1-3H3,(H,22,24)/t13-,17?,21?/m1/s1. The summed E-state index contributed by atoms with van der Waals surface area (Å²) in [6.45, 7) is 2.22. The molecule has 0 aromatic heterocycles. The van der Waals surface area contributed by atoms with Crippen LogP contribution in [0.4, 0.5) is 0 Å². The summed E-state index contributed by atoms with van der Waals surface area (Å²) in [7, 11) is 3.30. The lowest BCUT2D eigenvalue weighted by Crippen LogP contribution is -2.55. The molecule has 0 aliphatic carbocycles. The third-order valence-corrected chi connectivity index (χ3v) is 5.48. The van der Waals surface area contributed by atoms with Crippen molar-refractivity contribution >= 4 is 5.91 Å². The summed E-state index contributed by atoms with van der Waals surface area (Å²) in [5, 5.41) is 3.18. The Hall–Kier alpha value is -2.53. The highest BCUT2D eigenvalue weighted by atomic mass is 16.5. The molecule has 0 bridgehead atoms. The maximum atomic E-state index is 12.5. The molecule has 26 heavy (non-hydrogen) atoms. The van der Waals surface area contributed by atoms with E-state index < -0.39 is 0 Å². The van der Waals surface area contributed by atoms with Gasteiger partial charge in [0.05, 0.1) is 14.2 Å². The number of benzene rings is 2. The van der Waals surface area contributed by atoms with Crippen molar-refractivity contribution in [3.05, 3.63) is 59.2 Å². The van der Waals surface area contributed by atoms with Crippen molar-refractivity contribution in [2.45, 2.75) is 38.0 Å². The Bertz CT molecular complexity index is 822. The first-order chi connectivity index (χ1) is 12.6. The molecular weight excluding hydrogens is 328 g/mol. The van der Waals surface area contributed by atoms with Crippen LogP contribution in [0.3, 0.4) is 0 Å². The molecule has 2 unspecified atom stereocenters. The number of rotatable bonds is 3. The minimum atomic E-state index is -0.112. The van der Waals surface area contributed by atoms with Gasteiger partial charge in [0.15, 0.2) is 11.5 Å². The van der Waals surface area contributed by atoms with Gasteiger partial charge in [-0.15, -0.1) is 0 Å². The lowest BCUT2D eigenvalue weighted by atomic mass is 9.84. The number of methoxy groups -OCH3 is 2. The first-order valence-electron chi connectivity index (χ1n) is 8.99. The van der Waals surface area contributed by atoms with Crippen molar-refractivity contribution in [2.75, 3.05) is 14.2 Å². The van der Waals surface area contributed by atoms with Crippen LogP contribution >= 0.6 is 0 Å². The van der Waals surface area contributed by atoms with Crippen LogP contribution in [0.5, 0.6) is 11.5 Å². The summed E-state index contributed by atoms with van der Waals surface area (Å²) in [6.07, 6.45) is 1.25. The van der Waals surface area contributed by atoms with E-state index >= 15 is 0 Å². The number of fused-ring (bicyclic) bond motifs is 3. The quantitative estimate of drug-likeness (QED) is 0.922. The zero-order valence-electron chi connectivity index (χ0n) is 15.4. The molecule has 2 aromatic rings. The molecule has 5 heteroatoms. The van der Waals surface area contributed by atoms with Gasteiger partial charge in [-0.1, -0.05) is 30.3 Å². The van der Waals surface area contributed by atoms with Gasteiger partial charge < -0.3 is 14.8 Å². The minimum absolute atomic E-state index is 0.0347. The molecule has 2 aliphatic rings.